The standard InChI is InChI=1S/C23H30N4O2S/c1-19-6-5-7-22(16-19)27-14-12-26(13-15-27)11-4-3-10-25-30(28,29)23-9-8-21(18-24)17-20(23)2/h5-9,16-17,25H,3-4,10-15H2,1-2H3. The number of anilines is 1. The Bertz CT molecular complexity index is 1010. The first-order chi connectivity index (χ1) is 14.4. The average Bonchev–Trinajstić information content (AvgIpc) is 2.73. The summed E-state index contributed by atoms with van der Waals surface area (Å²) in [5, 5.41) is 8.93. The lowest BCUT2D eigenvalue weighted by Crippen LogP contribution is -2.46. The van der Waals surface area contributed by atoms with Crippen molar-refractivity contribution in [3.05, 3.63) is 59.2 Å². The van der Waals surface area contributed by atoms with E-state index in [-0.39, 0.29) is 4.90 Å². The second kappa shape index (κ2) is 10.1. The van der Waals surface area contributed by atoms with Crippen LogP contribution in [-0.2, 0) is 10.0 Å². The highest BCUT2D eigenvalue weighted by molar-refractivity contribution is 7.89. The van der Waals surface area contributed by atoms with Crippen LogP contribution in [0.15, 0.2) is 47.4 Å². The first-order valence-corrected chi connectivity index (χ1v) is 11.9. The molecule has 6 nitrogen and oxygen atoms in total. The van der Waals surface area contributed by atoms with E-state index in [0.29, 0.717) is 17.7 Å². The molecule has 0 spiro atoms. The molecule has 0 radical (unpaired) electrons. The van der Waals surface area contributed by atoms with E-state index in [1.54, 1.807) is 13.0 Å². The minimum Gasteiger partial charge on any atom is -0.369 e. The fourth-order valence-electron chi connectivity index (χ4n) is 3.82. The number of hydrogen-bond acceptors (Lipinski definition) is 5. The van der Waals surface area contributed by atoms with Gasteiger partial charge in [-0.3, -0.25) is 4.90 Å². The predicted molar refractivity (Wildman–Crippen MR) is 120 cm³/mol. The molecule has 0 unspecified atom stereocenters. The van der Waals surface area contributed by atoms with Gasteiger partial charge in [0.1, 0.15) is 0 Å². The van der Waals surface area contributed by atoms with Crippen molar-refractivity contribution in [2.75, 3.05) is 44.2 Å². The van der Waals surface area contributed by atoms with Gasteiger partial charge in [0, 0.05) is 38.4 Å². The number of nitriles is 1. The molecule has 0 aliphatic carbocycles. The molecular weight excluding hydrogens is 396 g/mol. The Hall–Kier alpha value is -2.40. The Morgan fingerprint density at radius 1 is 1.03 bits per heavy atom. The summed E-state index contributed by atoms with van der Waals surface area (Å²) in [6.07, 6.45) is 1.76. The topological polar surface area (TPSA) is 76.4 Å². The van der Waals surface area contributed by atoms with Gasteiger partial charge >= 0.3 is 0 Å². The third kappa shape index (κ3) is 5.82. The fourth-order valence-corrected chi connectivity index (χ4v) is 5.12. The fraction of sp³-hybridized carbons (Fsp3) is 0.435. The molecule has 7 heteroatoms. The lowest BCUT2D eigenvalue weighted by atomic mass is 10.2. The summed E-state index contributed by atoms with van der Waals surface area (Å²) in [5.41, 5.74) is 3.64. The Balaban J connectivity index is 1.38. The highest BCUT2D eigenvalue weighted by Crippen LogP contribution is 2.18. The van der Waals surface area contributed by atoms with Crippen LogP contribution in [0.4, 0.5) is 5.69 Å². The monoisotopic (exact) mass is 426 g/mol. The molecule has 0 saturated carbocycles. The van der Waals surface area contributed by atoms with Gasteiger partial charge < -0.3 is 4.90 Å². The van der Waals surface area contributed by atoms with E-state index in [2.05, 4.69) is 45.7 Å². The van der Waals surface area contributed by atoms with E-state index in [4.69, 9.17) is 5.26 Å². The van der Waals surface area contributed by atoms with Crippen molar-refractivity contribution in [2.45, 2.75) is 31.6 Å². The molecular formula is C23H30N4O2S. The highest BCUT2D eigenvalue weighted by atomic mass is 32.2. The molecule has 30 heavy (non-hydrogen) atoms. The normalized spacial score (nSPS) is 15.2. The maximum absolute atomic E-state index is 12.5. The first kappa shape index (κ1) is 22.3. The SMILES string of the molecule is Cc1cccc(N2CCN(CCCCNS(=O)(=O)c3ccc(C#N)cc3C)CC2)c1. The smallest absolute Gasteiger partial charge is 0.240 e. The molecule has 0 aromatic heterocycles. The number of aryl methyl sites for hydroxylation is 2. The van der Waals surface area contributed by atoms with Crippen molar-refractivity contribution < 1.29 is 8.42 Å². The molecule has 1 aliphatic heterocycles. The summed E-state index contributed by atoms with van der Waals surface area (Å²) in [7, 11) is -3.54. The third-order valence-corrected chi connectivity index (χ3v) is 7.15. The van der Waals surface area contributed by atoms with Crippen LogP contribution in [0.3, 0.4) is 0 Å². The van der Waals surface area contributed by atoms with Gasteiger partial charge in [0.15, 0.2) is 0 Å². The molecule has 3 rings (SSSR count). The van der Waals surface area contributed by atoms with Crippen molar-refractivity contribution in [1.82, 2.24) is 9.62 Å². The average molecular weight is 427 g/mol. The number of piperazine rings is 1. The van der Waals surface area contributed by atoms with Crippen molar-refractivity contribution in [2.24, 2.45) is 0 Å². The molecule has 0 bridgehead atoms. The molecule has 1 N–H and O–H groups in total. The number of unbranched alkanes of at least 4 members (excludes halogenated alkanes) is 1. The second-order valence-corrected chi connectivity index (χ2v) is 9.60. The van der Waals surface area contributed by atoms with Crippen LogP contribution in [0.2, 0.25) is 0 Å². The highest BCUT2D eigenvalue weighted by Gasteiger charge is 2.18. The molecule has 1 heterocycles. The lowest BCUT2D eigenvalue weighted by Gasteiger charge is -2.36. The number of rotatable bonds is 8. The zero-order chi connectivity index (χ0) is 21.6. The summed E-state index contributed by atoms with van der Waals surface area (Å²) in [4.78, 5) is 5.12. The van der Waals surface area contributed by atoms with E-state index in [1.165, 1.54) is 23.4 Å². The Morgan fingerprint density at radius 2 is 1.80 bits per heavy atom. The zero-order valence-corrected chi connectivity index (χ0v) is 18.6. The Labute approximate surface area is 180 Å². The summed E-state index contributed by atoms with van der Waals surface area (Å²) in [6, 6.07) is 15.3. The van der Waals surface area contributed by atoms with Gasteiger partial charge in [-0.25, -0.2) is 13.1 Å². The third-order valence-electron chi connectivity index (χ3n) is 5.53. The minimum atomic E-state index is -3.54. The predicted octanol–water partition coefficient (Wildman–Crippen LogP) is 3.06. The maximum Gasteiger partial charge on any atom is 0.240 e. The van der Waals surface area contributed by atoms with Crippen molar-refractivity contribution >= 4 is 15.7 Å². The van der Waals surface area contributed by atoms with Gasteiger partial charge in [-0.1, -0.05) is 12.1 Å². The summed E-state index contributed by atoms with van der Waals surface area (Å²) >= 11 is 0. The van der Waals surface area contributed by atoms with Crippen molar-refractivity contribution in [1.29, 1.82) is 5.26 Å². The molecule has 2 aromatic carbocycles. The van der Waals surface area contributed by atoms with Gasteiger partial charge in [-0.15, -0.1) is 0 Å². The number of benzene rings is 2. The zero-order valence-electron chi connectivity index (χ0n) is 17.8. The molecule has 0 amide bonds. The molecule has 0 atom stereocenters. The Kier molecular flexibility index (Phi) is 7.48. The van der Waals surface area contributed by atoms with Crippen molar-refractivity contribution in [3.8, 4) is 6.07 Å². The van der Waals surface area contributed by atoms with E-state index in [0.717, 1.165) is 45.6 Å². The molecule has 1 fully saturated rings. The van der Waals surface area contributed by atoms with E-state index >= 15 is 0 Å². The van der Waals surface area contributed by atoms with Gasteiger partial charge in [0.25, 0.3) is 0 Å². The molecule has 1 saturated heterocycles. The number of nitrogens with one attached hydrogen (secondary N) is 1. The van der Waals surface area contributed by atoms with E-state index < -0.39 is 10.0 Å². The quantitative estimate of drug-likeness (QED) is 0.657. The van der Waals surface area contributed by atoms with Crippen molar-refractivity contribution in [3.63, 3.8) is 0 Å². The Morgan fingerprint density at radius 3 is 2.47 bits per heavy atom. The summed E-state index contributed by atoms with van der Waals surface area (Å²) in [5.74, 6) is 0. The van der Waals surface area contributed by atoms with Gasteiger partial charge in [-0.05, 0) is 74.7 Å². The lowest BCUT2D eigenvalue weighted by molar-refractivity contribution is 0.253. The van der Waals surface area contributed by atoms with E-state index in [1.807, 2.05) is 6.07 Å². The minimum absolute atomic E-state index is 0.244. The van der Waals surface area contributed by atoms with Crippen LogP contribution in [0.1, 0.15) is 29.5 Å². The van der Waals surface area contributed by atoms with Gasteiger partial charge in [0.2, 0.25) is 10.0 Å². The van der Waals surface area contributed by atoms with Crippen LogP contribution in [0.25, 0.3) is 0 Å². The summed E-state index contributed by atoms with van der Waals surface area (Å²) < 4.78 is 27.7. The number of sulfonamides is 1. The number of hydrogen-bond donors (Lipinski definition) is 1. The molecule has 160 valence electrons. The first-order valence-electron chi connectivity index (χ1n) is 10.4. The summed E-state index contributed by atoms with van der Waals surface area (Å²) in [6.45, 7) is 9.35. The van der Waals surface area contributed by atoms with Crippen LogP contribution >= 0.6 is 0 Å². The van der Waals surface area contributed by atoms with Gasteiger partial charge in [-0.2, -0.15) is 5.26 Å². The van der Waals surface area contributed by atoms with E-state index in [9.17, 15) is 8.42 Å². The van der Waals surface area contributed by atoms with Crippen LogP contribution in [0, 0.1) is 25.2 Å². The van der Waals surface area contributed by atoms with Gasteiger partial charge in [0.05, 0.1) is 16.5 Å². The van der Waals surface area contributed by atoms with Crippen LogP contribution < -0.4 is 9.62 Å². The van der Waals surface area contributed by atoms with Crippen LogP contribution in [-0.4, -0.2) is 52.6 Å². The second-order valence-electron chi connectivity index (χ2n) is 7.86. The molecule has 2 aromatic rings. The molecule has 1 aliphatic rings. The number of nitrogens with zero attached hydrogens (tertiary/aromatic N) is 3. The maximum atomic E-state index is 12.5. The van der Waals surface area contributed by atoms with Crippen LogP contribution in [0.5, 0.6) is 0 Å². The largest absolute Gasteiger partial charge is 0.369 e.